The fourth-order valence-electron chi connectivity index (χ4n) is 2.92. The van der Waals surface area contributed by atoms with Crippen LogP contribution in [-0.4, -0.2) is 25.5 Å². The molecule has 2 N–H and O–H groups in total. The number of fused-ring (bicyclic) bond motifs is 1. The number of nitrogens with two attached hydrogens (primary N) is 1. The monoisotopic (exact) mass is 361 g/mol. The van der Waals surface area contributed by atoms with Gasteiger partial charge in [0.1, 0.15) is 11.5 Å². The van der Waals surface area contributed by atoms with Crippen LogP contribution in [0.2, 0.25) is 0 Å². The second kappa shape index (κ2) is 6.95. The number of aromatic nitrogens is 4. The molecule has 7 heteroatoms. The molecule has 3 heterocycles. The summed E-state index contributed by atoms with van der Waals surface area (Å²) in [6, 6.07) is 13.3. The standard InChI is InChI=1S/C20H16FN5O/c21-15-4-2-14(3-5-15)18-12-17(20(22)27)24-19-11-16(25-26(18)19)6-1-13-7-9-23-10-8-13/h2-5,7-12H,1,6H2,(H2,22,27). The van der Waals surface area contributed by atoms with Crippen LogP contribution < -0.4 is 5.73 Å². The Labute approximate surface area is 154 Å². The minimum Gasteiger partial charge on any atom is -0.364 e. The Morgan fingerprint density at radius 1 is 1.04 bits per heavy atom. The van der Waals surface area contributed by atoms with E-state index >= 15 is 0 Å². The summed E-state index contributed by atoms with van der Waals surface area (Å²) in [5, 5.41) is 4.62. The van der Waals surface area contributed by atoms with Gasteiger partial charge in [-0.15, -0.1) is 0 Å². The molecule has 0 saturated heterocycles. The van der Waals surface area contributed by atoms with Crippen molar-refractivity contribution in [2.75, 3.05) is 0 Å². The molecule has 1 aromatic carbocycles. The lowest BCUT2D eigenvalue weighted by Gasteiger charge is -2.06. The maximum absolute atomic E-state index is 13.3. The molecule has 0 aliphatic heterocycles. The highest BCUT2D eigenvalue weighted by Gasteiger charge is 2.14. The Balaban J connectivity index is 1.75. The molecule has 0 saturated carbocycles. The lowest BCUT2D eigenvalue weighted by Crippen LogP contribution is -2.14. The molecule has 27 heavy (non-hydrogen) atoms. The number of hydrogen-bond acceptors (Lipinski definition) is 4. The van der Waals surface area contributed by atoms with E-state index in [4.69, 9.17) is 5.73 Å². The summed E-state index contributed by atoms with van der Waals surface area (Å²) in [6.07, 6.45) is 5.03. The molecule has 134 valence electrons. The maximum Gasteiger partial charge on any atom is 0.267 e. The number of benzene rings is 1. The predicted octanol–water partition coefficient (Wildman–Crippen LogP) is 2.81. The van der Waals surface area contributed by atoms with Gasteiger partial charge >= 0.3 is 0 Å². The maximum atomic E-state index is 13.3. The predicted molar refractivity (Wildman–Crippen MR) is 98.5 cm³/mol. The van der Waals surface area contributed by atoms with E-state index < -0.39 is 5.91 Å². The first-order valence-electron chi connectivity index (χ1n) is 8.44. The molecule has 0 radical (unpaired) electrons. The van der Waals surface area contributed by atoms with Crippen molar-refractivity contribution >= 4 is 11.6 Å². The molecule has 0 fully saturated rings. The van der Waals surface area contributed by atoms with E-state index in [9.17, 15) is 9.18 Å². The van der Waals surface area contributed by atoms with Gasteiger partial charge < -0.3 is 5.73 Å². The number of rotatable bonds is 5. The van der Waals surface area contributed by atoms with Crippen LogP contribution in [0.4, 0.5) is 4.39 Å². The number of hydrogen-bond donors (Lipinski definition) is 1. The lowest BCUT2D eigenvalue weighted by atomic mass is 10.1. The van der Waals surface area contributed by atoms with Gasteiger partial charge in [-0.1, -0.05) is 0 Å². The van der Waals surface area contributed by atoms with Crippen LogP contribution in [0.1, 0.15) is 21.7 Å². The Hall–Kier alpha value is -3.61. The summed E-state index contributed by atoms with van der Waals surface area (Å²) in [5.74, 6) is -0.960. The highest BCUT2D eigenvalue weighted by molar-refractivity contribution is 5.92. The fourth-order valence-corrected chi connectivity index (χ4v) is 2.92. The molecule has 1 amide bonds. The number of pyridine rings is 1. The lowest BCUT2D eigenvalue weighted by molar-refractivity contribution is 0.0995. The molecule has 0 bridgehead atoms. The topological polar surface area (TPSA) is 86.2 Å². The molecule has 3 aromatic heterocycles. The Morgan fingerprint density at radius 3 is 2.48 bits per heavy atom. The van der Waals surface area contributed by atoms with Gasteiger partial charge in [0.15, 0.2) is 5.65 Å². The van der Waals surface area contributed by atoms with Crippen LogP contribution in [-0.2, 0) is 12.8 Å². The first-order valence-corrected chi connectivity index (χ1v) is 8.44. The molecular weight excluding hydrogens is 345 g/mol. The van der Waals surface area contributed by atoms with E-state index in [0.29, 0.717) is 17.8 Å². The van der Waals surface area contributed by atoms with Crippen molar-refractivity contribution in [1.29, 1.82) is 0 Å². The zero-order valence-corrected chi connectivity index (χ0v) is 14.3. The van der Waals surface area contributed by atoms with Gasteiger partial charge in [0.05, 0.1) is 11.4 Å². The van der Waals surface area contributed by atoms with Crippen molar-refractivity contribution in [1.82, 2.24) is 19.6 Å². The SMILES string of the molecule is NC(=O)c1cc(-c2ccc(F)cc2)n2nc(CCc3ccncc3)cc2n1. The third kappa shape index (κ3) is 3.52. The van der Waals surface area contributed by atoms with Crippen LogP contribution in [0.15, 0.2) is 60.9 Å². The van der Waals surface area contributed by atoms with E-state index in [0.717, 1.165) is 23.2 Å². The van der Waals surface area contributed by atoms with E-state index in [1.807, 2.05) is 18.2 Å². The first kappa shape index (κ1) is 16.8. The Morgan fingerprint density at radius 2 is 1.78 bits per heavy atom. The molecule has 4 aromatic rings. The summed E-state index contributed by atoms with van der Waals surface area (Å²) in [4.78, 5) is 20.0. The smallest absolute Gasteiger partial charge is 0.267 e. The number of carbonyl (C=O) groups excluding carboxylic acids is 1. The van der Waals surface area contributed by atoms with Gasteiger partial charge in [-0.2, -0.15) is 5.10 Å². The van der Waals surface area contributed by atoms with Crippen molar-refractivity contribution in [3.63, 3.8) is 0 Å². The summed E-state index contributed by atoms with van der Waals surface area (Å²) in [6.45, 7) is 0. The summed E-state index contributed by atoms with van der Waals surface area (Å²) < 4.78 is 14.9. The van der Waals surface area contributed by atoms with Crippen LogP contribution >= 0.6 is 0 Å². The highest BCUT2D eigenvalue weighted by atomic mass is 19.1. The number of amides is 1. The number of nitrogens with zero attached hydrogens (tertiary/aromatic N) is 4. The van der Waals surface area contributed by atoms with Crippen molar-refractivity contribution in [3.8, 4) is 11.3 Å². The average Bonchev–Trinajstić information content (AvgIpc) is 3.10. The second-order valence-electron chi connectivity index (χ2n) is 6.16. The minimum atomic E-state index is -0.625. The minimum absolute atomic E-state index is 0.141. The van der Waals surface area contributed by atoms with E-state index in [1.165, 1.54) is 12.1 Å². The average molecular weight is 361 g/mol. The van der Waals surface area contributed by atoms with Crippen LogP contribution in [0.25, 0.3) is 16.9 Å². The summed E-state index contributed by atoms with van der Waals surface area (Å²) >= 11 is 0. The van der Waals surface area contributed by atoms with E-state index in [-0.39, 0.29) is 11.5 Å². The third-order valence-corrected chi connectivity index (χ3v) is 4.29. The van der Waals surface area contributed by atoms with Gasteiger partial charge in [-0.05, 0) is 60.9 Å². The first-order chi connectivity index (χ1) is 13.1. The van der Waals surface area contributed by atoms with Crippen LogP contribution in [0.5, 0.6) is 0 Å². The quantitative estimate of drug-likeness (QED) is 0.592. The molecule has 0 aliphatic rings. The molecule has 0 atom stereocenters. The second-order valence-corrected chi connectivity index (χ2v) is 6.16. The van der Waals surface area contributed by atoms with Gasteiger partial charge in [0.25, 0.3) is 5.91 Å². The highest BCUT2D eigenvalue weighted by Crippen LogP contribution is 2.22. The molecule has 4 rings (SSSR count). The zero-order chi connectivity index (χ0) is 18.8. The number of carbonyl (C=O) groups is 1. The number of primary amides is 1. The molecule has 6 nitrogen and oxygen atoms in total. The van der Waals surface area contributed by atoms with Gasteiger partial charge in [-0.3, -0.25) is 9.78 Å². The van der Waals surface area contributed by atoms with E-state index in [1.54, 1.807) is 35.1 Å². The zero-order valence-electron chi connectivity index (χ0n) is 14.3. The molecule has 0 unspecified atom stereocenters. The van der Waals surface area contributed by atoms with E-state index in [2.05, 4.69) is 15.1 Å². The van der Waals surface area contributed by atoms with Crippen molar-refractivity contribution in [2.45, 2.75) is 12.8 Å². The fraction of sp³-hybridized carbons (Fsp3) is 0.100. The van der Waals surface area contributed by atoms with Crippen LogP contribution in [0, 0.1) is 5.82 Å². The third-order valence-electron chi connectivity index (χ3n) is 4.29. The van der Waals surface area contributed by atoms with Gasteiger partial charge in [0.2, 0.25) is 0 Å². The Kier molecular flexibility index (Phi) is 4.33. The van der Waals surface area contributed by atoms with Crippen molar-refractivity contribution in [3.05, 3.63) is 83.7 Å². The molecular formula is C20H16FN5O. The largest absolute Gasteiger partial charge is 0.364 e. The molecule has 0 spiro atoms. The van der Waals surface area contributed by atoms with Gasteiger partial charge in [0, 0.05) is 24.0 Å². The van der Waals surface area contributed by atoms with Crippen molar-refractivity contribution < 1.29 is 9.18 Å². The summed E-state index contributed by atoms with van der Waals surface area (Å²) in [7, 11) is 0. The summed E-state index contributed by atoms with van der Waals surface area (Å²) in [5.41, 5.74) is 9.43. The van der Waals surface area contributed by atoms with Crippen LogP contribution in [0.3, 0.4) is 0 Å². The number of aryl methyl sites for hydroxylation is 2. The number of halogens is 1. The Bertz CT molecular complexity index is 1110. The normalized spacial score (nSPS) is 11.0. The van der Waals surface area contributed by atoms with Gasteiger partial charge in [-0.25, -0.2) is 13.9 Å². The van der Waals surface area contributed by atoms with Crippen molar-refractivity contribution in [2.24, 2.45) is 5.73 Å². The molecule has 0 aliphatic carbocycles.